The molecule has 3 heterocycles. The summed E-state index contributed by atoms with van der Waals surface area (Å²) in [5.41, 5.74) is 1.10. The highest BCUT2D eigenvalue weighted by molar-refractivity contribution is 5.80. The van der Waals surface area contributed by atoms with Gasteiger partial charge in [-0.15, -0.1) is 5.10 Å². The number of H-pyrrole nitrogens is 1. The second-order valence-corrected chi connectivity index (χ2v) is 9.50. The van der Waals surface area contributed by atoms with Crippen molar-refractivity contribution in [2.75, 3.05) is 19.7 Å². The van der Waals surface area contributed by atoms with Gasteiger partial charge in [-0.25, -0.2) is 4.68 Å². The normalized spacial score (nSPS) is 18.7. The Morgan fingerprint density at radius 1 is 1.28 bits per heavy atom. The molecule has 32 heavy (non-hydrogen) atoms. The first-order valence-corrected chi connectivity index (χ1v) is 11.7. The monoisotopic (exact) mass is 438 g/mol. The topological polar surface area (TPSA) is 88.9 Å². The zero-order chi connectivity index (χ0) is 22.9. The van der Waals surface area contributed by atoms with Gasteiger partial charge in [-0.1, -0.05) is 13.8 Å². The van der Waals surface area contributed by atoms with E-state index in [9.17, 15) is 4.79 Å². The lowest BCUT2D eigenvalue weighted by atomic mass is 9.94. The van der Waals surface area contributed by atoms with Gasteiger partial charge in [0.25, 0.3) is 5.56 Å². The number of nitrogens with one attached hydrogen (secondary N) is 1. The molecule has 1 aromatic carbocycles. The summed E-state index contributed by atoms with van der Waals surface area (Å²) in [5, 5.41) is 13.8. The number of tetrazole rings is 1. The molecule has 0 amide bonds. The summed E-state index contributed by atoms with van der Waals surface area (Å²) < 4.78 is 7.59. The number of hydrogen-bond acceptors (Lipinski definition) is 6. The minimum absolute atomic E-state index is 0.103. The Morgan fingerprint density at radius 2 is 2.09 bits per heavy atom. The Morgan fingerprint density at radius 3 is 2.81 bits per heavy atom. The smallest absolute Gasteiger partial charge is 0.253 e. The van der Waals surface area contributed by atoms with E-state index in [0.717, 1.165) is 48.4 Å². The second-order valence-electron chi connectivity index (χ2n) is 9.50. The van der Waals surface area contributed by atoms with E-state index in [1.165, 1.54) is 6.42 Å². The Kier molecular flexibility index (Phi) is 6.33. The molecule has 8 heteroatoms. The van der Waals surface area contributed by atoms with Crippen molar-refractivity contribution < 1.29 is 4.74 Å². The van der Waals surface area contributed by atoms with Crippen molar-refractivity contribution in [1.29, 1.82) is 0 Å². The first kappa shape index (κ1) is 22.5. The van der Waals surface area contributed by atoms with Gasteiger partial charge in [-0.05, 0) is 87.2 Å². The Hall–Kier alpha value is -2.74. The summed E-state index contributed by atoms with van der Waals surface area (Å²) in [6, 6.07) is 7.43. The molecule has 1 aliphatic heterocycles. The van der Waals surface area contributed by atoms with Crippen molar-refractivity contribution in [2.45, 2.75) is 65.5 Å². The van der Waals surface area contributed by atoms with Crippen LogP contribution in [-0.2, 0) is 5.54 Å². The number of pyridine rings is 1. The number of hydrogen-bond donors (Lipinski definition) is 1. The molecule has 2 aromatic heterocycles. The minimum atomic E-state index is -0.317. The first-order valence-electron chi connectivity index (χ1n) is 11.7. The fourth-order valence-electron chi connectivity index (χ4n) is 4.57. The van der Waals surface area contributed by atoms with Crippen LogP contribution in [0.3, 0.4) is 0 Å². The summed E-state index contributed by atoms with van der Waals surface area (Å²) >= 11 is 0. The van der Waals surface area contributed by atoms with E-state index in [1.807, 2.05) is 35.9 Å². The van der Waals surface area contributed by atoms with Gasteiger partial charge < -0.3 is 9.72 Å². The van der Waals surface area contributed by atoms with Gasteiger partial charge >= 0.3 is 0 Å². The molecule has 0 unspecified atom stereocenters. The number of aromatic nitrogens is 5. The van der Waals surface area contributed by atoms with Crippen molar-refractivity contribution in [3.63, 3.8) is 0 Å². The zero-order valence-electron chi connectivity index (χ0n) is 19.8. The lowest BCUT2D eigenvalue weighted by Crippen LogP contribution is -2.42. The highest BCUT2D eigenvalue weighted by Gasteiger charge is 2.35. The summed E-state index contributed by atoms with van der Waals surface area (Å²) in [4.78, 5) is 18.8. The Balaban J connectivity index is 1.89. The molecule has 0 radical (unpaired) electrons. The van der Waals surface area contributed by atoms with E-state index in [-0.39, 0.29) is 17.1 Å². The third kappa shape index (κ3) is 4.28. The molecule has 1 fully saturated rings. The van der Waals surface area contributed by atoms with E-state index in [4.69, 9.17) is 4.74 Å². The molecule has 0 bridgehead atoms. The second kappa shape index (κ2) is 9.02. The minimum Gasteiger partial charge on any atom is -0.494 e. The molecule has 3 aromatic rings. The molecule has 1 saturated heterocycles. The van der Waals surface area contributed by atoms with E-state index in [1.54, 1.807) is 0 Å². The number of piperidine rings is 1. The van der Waals surface area contributed by atoms with Crippen molar-refractivity contribution >= 4 is 10.9 Å². The van der Waals surface area contributed by atoms with Gasteiger partial charge in [-0.3, -0.25) is 9.69 Å². The van der Waals surface area contributed by atoms with Gasteiger partial charge in [0, 0.05) is 23.0 Å². The van der Waals surface area contributed by atoms with Crippen molar-refractivity contribution in [1.82, 2.24) is 30.1 Å². The van der Waals surface area contributed by atoms with Crippen molar-refractivity contribution in [2.24, 2.45) is 5.92 Å². The third-order valence-electron chi connectivity index (χ3n) is 6.68. The van der Waals surface area contributed by atoms with Gasteiger partial charge in [-0.2, -0.15) is 0 Å². The average Bonchev–Trinajstić information content (AvgIpc) is 3.25. The molecular formula is C24H34N6O2. The van der Waals surface area contributed by atoms with E-state index in [0.29, 0.717) is 18.1 Å². The number of likely N-dealkylation sites (tertiary alicyclic amines) is 1. The standard InChI is InChI=1S/C24H34N6O2/c1-6-24(4,5)30-22(26-27-28-30)21(29-12-8-9-16(3)15-29)19-14-17-13-18(32-7-2)10-11-20(17)25-23(19)31/h10-11,13-14,16,21H,6-9,12,15H2,1-5H3,(H,25,31)/t16-,21-/m0/s1. The zero-order valence-corrected chi connectivity index (χ0v) is 19.8. The molecule has 0 saturated carbocycles. The van der Waals surface area contributed by atoms with Gasteiger partial charge in [0.05, 0.1) is 12.1 Å². The largest absolute Gasteiger partial charge is 0.494 e. The number of nitrogens with zero attached hydrogens (tertiary/aromatic N) is 5. The van der Waals surface area contributed by atoms with Crippen LogP contribution < -0.4 is 10.3 Å². The van der Waals surface area contributed by atoms with Crippen LogP contribution in [0.5, 0.6) is 5.75 Å². The van der Waals surface area contributed by atoms with Crippen LogP contribution in [0.15, 0.2) is 29.1 Å². The molecule has 0 aliphatic carbocycles. The van der Waals surface area contributed by atoms with E-state index >= 15 is 0 Å². The number of benzene rings is 1. The maximum absolute atomic E-state index is 13.3. The fourth-order valence-corrected chi connectivity index (χ4v) is 4.57. The Bertz CT molecular complexity index is 1130. The first-order chi connectivity index (χ1) is 15.3. The van der Waals surface area contributed by atoms with Crippen LogP contribution in [0.2, 0.25) is 0 Å². The van der Waals surface area contributed by atoms with Gasteiger partial charge in [0.1, 0.15) is 11.8 Å². The molecule has 4 rings (SSSR count). The average molecular weight is 439 g/mol. The predicted molar refractivity (Wildman–Crippen MR) is 125 cm³/mol. The number of fused-ring (bicyclic) bond motifs is 1. The number of ether oxygens (including phenoxy) is 1. The quantitative estimate of drug-likeness (QED) is 0.602. The maximum Gasteiger partial charge on any atom is 0.253 e. The molecule has 172 valence electrons. The number of aromatic amines is 1. The lowest BCUT2D eigenvalue weighted by Gasteiger charge is -2.37. The highest BCUT2D eigenvalue weighted by atomic mass is 16.5. The summed E-state index contributed by atoms with van der Waals surface area (Å²) in [5.74, 6) is 2.06. The van der Waals surface area contributed by atoms with Gasteiger partial charge in [0.2, 0.25) is 0 Å². The van der Waals surface area contributed by atoms with Crippen molar-refractivity contribution in [3.05, 3.63) is 46.0 Å². The molecule has 1 N–H and O–H groups in total. The summed E-state index contributed by atoms with van der Waals surface area (Å²) in [6.07, 6.45) is 3.16. The molecule has 8 nitrogen and oxygen atoms in total. The van der Waals surface area contributed by atoms with Crippen LogP contribution in [-0.4, -0.2) is 49.8 Å². The van der Waals surface area contributed by atoms with Crippen molar-refractivity contribution in [3.8, 4) is 5.75 Å². The van der Waals surface area contributed by atoms with Crippen LogP contribution in [0.4, 0.5) is 0 Å². The summed E-state index contributed by atoms with van der Waals surface area (Å²) in [7, 11) is 0. The summed E-state index contributed by atoms with van der Waals surface area (Å²) in [6.45, 7) is 13.0. The van der Waals surface area contributed by atoms with Gasteiger partial charge in [0.15, 0.2) is 5.82 Å². The van der Waals surface area contributed by atoms with E-state index < -0.39 is 0 Å². The van der Waals surface area contributed by atoms with Crippen LogP contribution in [0, 0.1) is 5.92 Å². The maximum atomic E-state index is 13.3. The molecule has 0 spiro atoms. The number of rotatable bonds is 7. The lowest BCUT2D eigenvalue weighted by molar-refractivity contribution is 0.135. The predicted octanol–water partition coefficient (Wildman–Crippen LogP) is 3.88. The molecule has 1 aliphatic rings. The third-order valence-corrected chi connectivity index (χ3v) is 6.68. The van der Waals surface area contributed by atoms with Crippen LogP contribution >= 0.6 is 0 Å². The van der Waals surface area contributed by atoms with Crippen LogP contribution in [0.1, 0.15) is 71.3 Å². The molecular weight excluding hydrogens is 404 g/mol. The van der Waals surface area contributed by atoms with E-state index in [2.05, 4.69) is 53.1 Å². The fraction of sp³-hybridized carbons (Fsp3) is 0.583. The SMILES string of the molecule is CCOc1ccc2[nH]c(=O)c([C@@H](c3nnnn3C(C)(C)CC)N3CCC[C@H](C)C3)cc2c1. The Labute approximate surface area is 189 Å². The highest BCUT2D eigenvalue weighted by Crippen LogP contribution is 2.33. The molecule has 2 atom stereocenters. The van der Waals surface area contributed by atoms with Crippen LogP contribution in [0.25, 0.3) is 10.9 Å².